The van der Waals surface area contributed by atoms with Gasteiger partial charge in [-0.3, -0.25) is 4.90 Å². The van der Waals surface area contributed by atoms with Crippen molar-refractivity contribution in [2.75, 3.05) is 48.4 Å². The highest BCUT2D eigenvalue weighted by atomic mass is 35.5. The number of halogens is 1. The summed E-state index contributed by atoms with van der Waals surface area (Å²) < 4.78 is 5.97. The molecule has 0 bridgehead atoms. The molecule has 0 amide bonds. The van der Waals surface area contributed by atoms with E-state index in [9.17, 15) is 0 Å². The van der Waals surface area contributed by atoms with Crippen molar-refractivity contribution in [1.29, 1.82) is 5.26 Å². The van der Waals surface area contributed by atoms with Crippen molar-refractivity contribution < 1.29 is 4.74 Å². The lowest BCUT2D eigenvalue weighted by Crippen LogP contribution is -2.24. The average Bonchev–Trinajstić information content (AvgIpc) is 2.81. The van der Waals surface area contributed by atoms with E-state index in [1.807, 2.05) is 62.6 Å². The van der Waals surface area contributed by atoms with Gasteiger partial charge in [-0.1, -0.05) is 54.1 Å². The molecule has 0 aromatic heterocycles. The number of hydrogen-bond acceptors (Lipinski definition) is 5. The summed E-state index contributed by atoms with van der Waals surface area (Å²) in [5.74, 6) is 0.880. The highest BCUT2D eigenvalue weighted by Crippen LogP contribution is 2.24. The quantitative estimate of drug-likeness (QED) is 0.372. The van der Waals surface area contributed by atoms with Gasteiger partial charge in [-0.15, -0.1) is 0 Å². The Morgan fingerprint density at radius 2 is 1.40 bits per heavy atom. The van der Waals surface area contributed by atoms with Crippen molar-refractivity contribution in [3.05, 3.63) is 100 Å². The lowest BCUT2D eigenvalue weighted by Gasteiger charge is -2.19. The minimum Gasteiger partial charge on any atom is -0.492 e. The van der Waals surface area contributed by atoms with Gasteiger partial charge in [0, 0.05) is 36.8 Å². The molecule has 0 fully saturated rings. The van der Waals surface area contributed by atoms with Crippen LogP contribution in [-0.2, 0) is 19.6 Å². The van der Waals surface area contributed by atoms with Crippen LogP contribution in [0.15, 0.2) is 72.8 Å². The fourth-order valence-corrected chi connectivity index (χ4v) is 3.68. The smallest absolute Gasteiger partial charge is 0.123 e. The highest BCUT2D eigenvalue weighted by Gasteiger charge is 2.07. The molecule has 3 aromatic rings. The Kier molecular flexibility index (Phi) is 12.3. The van der Waals surface area contributed by atoms with Gasteiger partial charge in [0.25, 0.3) is 0 Å². The normalized spacial score (nSPS) is 10.7. The van der Waals surface area contributed by atoms with E-state index < -0.39 is 0 Å². The molecule has 0 heterocycles. The minimum atomic E-state index is 0.606. The fraction of sp³-hybridized carbons (Fsp3) is 0.345. The second-order valence-corrected chi connectivity index (χ2v) is 9.54. The number of hydrogen-bond donors (Lipinski definition) is 0. The van der Waals surface area contributed by atoms with Gasteiger partial charge in [-0.05, 0) is 76.7 Å². The van der Waals surface area contributed by atoms with E-state index >= 15 is 0 Å². The van der Waals surface area contributed by atoms with Crippen LogP contribution in [0.4, 0.5) is 0 Å². The van der Waals surface area contributed by atoms with Gasteiger partial charge in [0.2, 0.25) is 0 Å². The van der Waals surface area contributed by atoms with Crippen molar-refractivity contribution in [3.63, 3.8) is 0 Å². The Hall–Kier alpha value is -2.88. The third kappa shape index (κ3) is 11.4. The molecule has 0 aliphatic heterocycles. The summed E-state index contributed by atoms with van der Waals surface area (Å²) >= 11 is 6.09. The molecule has 5 nitrogen and oxygen atoms in total. The molecular formula is C29H37ClN4O. The monoisotopic (exact) mass is 492 g/mol. The Balaban J connectivity index is 0.000000360. The predicted molar refractivity (Wildman–Crippen MR) is 146 cm³/mol. The van der Waals surface area contributed by atoms with E-state index in [1.165, 1.54) is 11.1 Å². The van der Waals surface area contributed by atoms with E-state index in [2.05, 4.69) is 66.2 Å². The topological polar surface area (TPSA) is 42.7 Å². The fourth-order valence-electron chi connectivity index (χ4n) is 3.49. The first-order valence-corrected chi connectivity index (χ1v) is 12.1. The summed E-state index contributed by atoms with van der Waals surface area (Å²) in [6.07, 6.45) is 0. The van der Waals surface area contributed by atoms with Crippen molar-refractivity contribution >= 4 is 11.6 Å². The largest absolute Gasteiger partial charge is 0.492 e. The van der Waals surface area contributed by atoms with Gasteiger partial charge >= 0.3 is 0 Å². The third-order valence-electron chi connectivity index (χ3n) is 5.12. The first kappa shape index (κ1) is 28.4. The van der Waals surface area contributed by atoms with Gasteiger partial charge in [0.15, 0.2) is 0 Å². The number of nitrogens with zero attached hydrogens (tertiary/aromatic N) is 4. The highest BCUT2D eigenvalue weighted by molar-refractivity contribution is 6.30. The van der Waals surface area contributed by atoms with Crippen LogP contribution in [0.5, 0.6) is 5.75 Å². The Labute approximate surface area is 216 Å². The number of ether oxygens (including phenoxy) is 1. The lowest BCUT2D eigenvalue weighted by atomic mass is 10.1. The molecule has 0 spiro atoms. The second-order valence-electron chi connectivity index (χ2n) is 9.11. The van der Waals surface area contributed by atoms with E-state index in [0.29, 0.717) is 12.2 Å². The van der Waals surface area contributed by atoms with Crippen molar-refractivity contribution in [2.24, 2.45) is 0 Å². The average molecular weight is 493 g/mol. The van der Waals surface area contributed by atoms with Crippen LogP contribution < -0.4 is 4.74 Å². The predicted octanol–water partition coefficient (Wildman–Crippen LogP) is 5.53. The Morgan fingerprint density at radius 1 is 0.771 bits per heavy atom. The van der Waals surface area contributed by atoms with Crippen molar-refractivity contribution in [2.45, 2.75) is 19.6 Å². The first-order chi connectivity index (χ1) is 16.8. The Bertz CT molecular complexity index is 1050. The zero-order valence-electron chi connectivity index (χ0n) is 21.5. The zero-order valence-corrected chi connectivity index (χ0v) is 22.3. The SMILES string of the molecule is CN(C)Cc1cc(Cl)ccc1OCCN(C)Cc1ccc(C#N)cc1.CN(C)Cc1ccccc1. The van der Waals surface area contributed by atoms with Crippen LogP contribution in [0.1, 0.15) is 22.3 Å². The van der Waals surface area contributed by atoms with Gasteiger partial charge in [-0.25, -0.2) is 0 Å². The van der Waals surface area contributed by atoms with Crippen molar-refractivity contribution in [3.8, 4) is 11.8 Å². The van der Waals surface area contributed by atoms with E-state index in [0.717, 1.165) is 42.5 Å². The molecule has 0 N–H and O–H groups in total. The van der Waals surface area contributed by atoms with E-state index in [4.69, 9.17) is 21.6 Å². The summed E-state index contributed by atoms with van der Waals surface area (Å²) in [6.45, 7) is 4.05. The van der Waals surface area contributed by atoms with Gasteiger partial charge < -0.3 is 14.5 Å². The molecule has 186 valence electrons. The molecule has 0 unspecified atom stereocenters. The van der Waals surface area contributed by atoms with Gasteiger partial charge in [0.05, 0.1) is 11.6 Å². The molecule has 0 saturated carbocycles. The summed E-state index contributed by atoms with van der Waals surface area (Å²) in [5, 5.41) is 9.56. The standard InChI is InChI=1S/C20H24ClN3O.C9H13N/c1-23(2)15-18-12-19(21)8-9-20(18)25-11-10-24(3)14-17-6-4-16(13-22)5-7-17;1-10(2)8-9-6-4-3-5-7-9/h4-9,12H,10-11,14-15H2,1-3H3;3-7H,8H2,1-2H3. The Morgan fingerprint density at radius 3 is 2.00 bits per heavy atom. The summed E-state index contributed by atoms with van der Waals surface area (Å²) in [4.78, 5) is 6.45. The molecule has 0 aliphatic rings. The lowest BCUT2D eigenvalue weighted by molar-refractivity contribution is 0.229. The number of benzene rings is 3. The molecule has 0 saturated heterocycles. The van der Waals surface area contributed by atoms with Crippen LogP contribution in [0.25, 0.3) is 0 Å². The van der Waals surface area contributed by atoms with Crippen LogP contribution >= 0.6 is 11.6 Å². The molecule has 6 heteroatoms. The molecule has 0 aliphatic carbocycles. The minimum absolute atomic E-state index is 0.606. The summed E-state index contributed by atoms with van der Waals surface area (Å²) in [7, 11) is 10.3. The number of likely N-dealkylation sites (N-methyl/N-ethyl adjacent to an activating group) is 1. The summed E-state index contributed by atoms with van der Waals surface area (Å²) in [5.41, 5.74) is 4.33. The first-order valence-electron chi connectivity index (χ1n) is 11.7. The van der Waals surface area contributed by atoms with Crippen LogP contribution in [0.3, 0.4) is 0 Å². The van der Waals surface area contributed by atoms with Crippen molar-refractivity contribution in [1.82, 2.24) is 14.7 Å². The third-order valence-corrected chi connectivity index (χ3v) is 5.35. The maximum Gasteiger partial charge on any atom is 0.123 e. The van der Waals surface area contributed by atoms with Gasteiger partial charge in [0.1, 0.15) is 12.4 Å². The number of nitriles is 1. The summed E-state index contributed by atoms with van der Waals surface area (Å²) in [6, 6.07) is 26.0. The molecule has 3 aromatic carbocycles. The van der Waals surface area contributed by atoms with E-state index in [-0.39, 0.29) is 0 Å². The zero-order chi connectivity index (χ0) is 25.6. The van der Waals surface area contributed by atoms with Crippen LogP contribution in [0, 0.1) is 11.3 Å². The molecule has 0 radical (unpaired) electrons. The van der Waals surface area contributed by atoms with Crippen LogP contribution in [0.2, 0.25) is 5.02 Å². The molecule has 35 heavy (non-hydrogen) atoms. The second kappa shape index (κ2) is 15.2. The van der Waals surface area contributed by atoms with Gasteiger partial charge in [-0.2, -0.15) is 5.26 Å². The molecule has 0 atom stereocenters. The van der Waals surface area contributed by atoms with E-state index in [1.54, 1.807) is 0 Å². The molecule has 3 rings (SSSR count). The van der Waals surface area contributed by atoms with Crippen LogP contribution in [-0.4, -0.2) is 63.1 Å². The number of rotatable bonds is 10. The molecular weight excluding hydrogens is 456 g/mol. The maximum atomic E-state index is 8.84. The maximum absolute atomic E-state index is 8.84.